The molecule has 0 spiro atoms. The van der Waals surface area contributed by atoms with Gasteiger partial charge in [0.05, 0.1) is 0 Å². The molecule has 0 bridgehead atoms. The van der Waals surface area contributed by atoms with Crippen LogP contribution in [-0.2, 0) is 0 Å². The van der Waals surface area contributed by atoms with Crippen molar-refractivity contribution in [1.29, 1.82) is 0 Å². The van der Waals surface area contributed by atoms with Crippen LogP contribution in [0.4, 0.5) is 0 Å². The maximum Gasteiger partial charge on any atom is 0.287 e. The van der Waals surface area contributed by atoms with Crippen LogP contribution in [0.15, 0.2) is 22.0 Å². The highest BCUT2D eigenvalue weighted by Gasteiger charge is 1.91. The molecule has 0 aliphatic heterocycles. The van der Waals surface area contributed by atoms with E-state index < -0.39 is 0 Å². The lowest BCUT2D eigenvalue weighted by Crippen LogP contribution is -1.80. The molecule has 48 valence electrons. The van der Waals surface area contributed by atoms with E-state index in [4.69, 9.17) is 0 Å². The maximum atomic E-state index is 4.66. The molecule has 1 aromatic rings. The Balaban J connectivity index is 2.48. The van der Waals surface area contributed by atoms with Crippen molar-refractivity contribution >= 4 is 6.21 Å². The van der Waals surface area contributed by atoms with Crippen LogP contribution in [0.5, 0.6) is 5.88 Å². The van der Waals surface area contributed by atoms with Crippen LogP contribution in [0.3, 0.4) is 0 Å². The fraction of sp³-hybridized carbons (Fsp3) is 0.200. The SMILES string of the molecule is CC=NOc1ccon1. The van der Waals surface area contributed by atoms with Crippen molar-refractivity contribution in [2.75, 3.05) is 0 Å². The van der Waals surface area contributed by atoms with E-state index in [0.717, 1.165) is 0 Å². The fourth-order valence-corrected chi connectivity index (χ4v) is 0.355. The third kappa shape index (κ3) is 1.56. The molecular formula is C5H6N2O2. The first-order chi connectivity index (χ1) is 4.43. The van der Waals surface area contributed by atoms with Gasteiger partial charge in [0.1, 0.15) is 6.26 Å². The Morgan fingerprint density at radius 1 is 1.89 bits per heavy atom. The van der Waals surface area contributed by atoms with Crippen LogP contribution in [0, 0.1) is 0 Å². The first-order valence-corrected chi connectivity index (χ1v) is 2.49. The van der Waals surface area contributed by atoms with Crippen molar-refractivity contribution in [2.24, 2.45) is 5.16 Å². The van der Waals surface area contributed by atoms with E-state index in [2.05, 4.69) is 19.7 Å². The maximum absolute atomic E-state index is 4.66. The highest BCUT2D eigenvalue weighted by molar-refractivity contribution is 5.52. The average Bonchev–Trinajstić information content (AvgIpc) is 2.34. The van der Waals surface area contributed by atoms with Gasteiger partial charge >= 0.3 is 0 Å². The Kier molecular flexibility index (Phi) is 1.85. The van der Waals surface area contributed by atoms with Crippen LogP contribution in [-0.4, -0.2) is 11.4 Å². The van der Waals surface area contributed by atoms with E-state index in [9.17, 15) is 0 Å². The van der Waals surface area contributed by atoms with Crippen LogP contribution >= 0.6 is 0 Å². The number of hydrogen-bond donors (Lipinski definition) is 0. The first-order valence-electron chi connectivity index (χ1n) is 2.49. The summed E-state index contributed by atoms with van der Waals surface area (Å²) in [5, 5.41) is 6.91. The Morgan fingerprint density at radius 2 is 2.78 bits per heavy atom. The van der Waals surface area contributed by atoms with Crippen molar-refractivity contribution in [3.63, 3.8) is 0 Å². The van der Waals surface area contributed by atoms with Gasteiger partial charge in [0.2, 0.25) is 0 Å². The van der Waals surface area contributed by atoms with Gasteiger partial charge in [0.25, 0.3) is 5.88 Å². The van der Waals surface area contributed by atoms with E-state index in [1.165, 1.54) is 12.5 Å². The monoisotopic (exact) mass is 126 g/mol. The van der Waals surface area contributed by atoms with E-state index in [1.54, 1.807) is 13.0 Å². The highest BCUT2D eigenvalue weighted by atomic mass is 16.7. The summed E-state index contributed by atoms with van der Waals surface area (Å²) < 4.78 is 4.46. The lowest BCUT2D eigenvalue weighted by Gasteiger charge is -1.84. The molecule has 0 fully saturated rings. The third-order valence-corrected chi connectivity index (χ3v) is 0.666. The molecule has 0 atom stereocenters. The molecule has 0 aliphatic rings. The van der Waals surface area contributed by atoms with Crippen molar-refractivity contribution in [3.05, 3.63) is 12.3 Å². The molecule has 4 nitrogen and oxygen atoms in total. The molecule has 0 unspecified atom stereocenters. The molecule has 4 heteroatoms. The Morgan fingerprint density at radius 3 is 3.33 bits per heavy atom. The van der Waals surface area contributed by atoms with Gasteiger partial charge in [-0.05, 0) is 12.1 Å². The second-order valence-electron chi connectivity index (χ2n) is 1.29. The smallest absolute Gasteiger partial charge is 0.287 e. The van der Waals surface area contributed by atoms with Gasteiger partial charge in [-0.15, -0.1) is 0 Å². The molecule has 0 aromatic carbocycles. The Labute approximate surface area is 52.1 Å². The zero-order valence-electron chi connectivity index (χ0n) is 4.94. The third-order valence-electron chi connectivity index (χ3n) is 0.666. The zero-order valence-corrected chi connectivity index (χ0v) is 4.94. The van der Waals surface area contributed by atoms with Gasteiger partial charge in [-0.25, -0.2) is 0 Å². The highest BCUT2D eigenvalue weighted by Crippen LogP contribution is 2.03. The average molecular weight is 126 g/mol. The number of aromatic nitrogens is 1. The predicted octanol–water partition coefficient (Wildman–Crippen LogP) is 1.06. The largest absolute Gasteiger partial charge is 0.361 e. The summed E-state index contributed by atoms with van der Waals surface area (Å²) in [6.07, 6.45) is 2.94. The summed E-state index contributed by atoms with van der Waals surface area (Å²) >= 11 is 0. The normalized spacial score (nSPS) is 10.3. The number of nitrogens with zero attached hydrogens (tertiary/aromatic N) is 2. The van der Waals surface area contributed by atoms with Gasteiger partial charge in [-0.2, -0.15) is 0 Å². The van der Waals surface area contributed by atoms with Crippen LogP contribution in [0.25, 0.3) is 0 Å². The molecule has 0 saturated carbocycles. The second-order valence-corrected chi connectivity index (χ2v) is 1.29. The number of rotatable bonds is 2. The zero-order chi connectivity index (χ0) is 6.53. The Bertz CT molecular complexity index is 181. The van der Waals surface area contributed by atoms with Crippen molar-refractivity contribution < 1.29 is 9.36 Å². The standard InChI is InChI=1S/C5H6N2O2/c1-2-6-9-5-3-4-8-7-5/h2-4H,1H3. The minimum atomic E-state index is 0.369. The minimum Gasteiger partial charge on any atom is -0.361 e. The molecule has 1 rings (SSSR count). The van der Waals surface area contributed by atoms with E-state index in [1.807, 2.05) is 0 Å². The first kappa shape index (κ1) is 5.81. The van der Waals surface area contributed by atoms with Crippen LogP contribution in [0.1, 0.15) is 6.92 Å². The van der Waals surface area contributed by atoms with Crippen molar-refractivity contribution in [2.45, 2.75) is 6.92 Å². The molecular weight excluding hydrogens is 120 g/mol. The quantitative estimate of drug-likeness (QED) is 0.439. The molecule has 0 saturated heterocycles. The summed E-state index contributed by atoms with van der Waals surface area (Å²) in [5.74, 6) is 0.369. The lowest BCUT2D eigenvalue weighted by molar-refractivity contribution is 0.296. The minimum absolute atomic E-state index is 0.369. The topological polar surface area (TPSA) is 47.6 Å². The van der Waals surface area contributed by atoms with Crippen LogP contribution in [0.2, 0.25) is 0 Å². The van der Waals surface area contributed by atoms with Gasteiger partial charge < -0.3 is 9.36 Å². The van der Waals surface area contributed by atoms with Crippen molar-refractivity contribution in [1.82, 2.24) is 5.16 Å². The van der Waals surface area contributed by atoms with Crippen LogP contribution < -0.4 is 4.84 Å². The van der Waals surface area contributed by atoms with Gasteiger partial charge in [0, 0.05) is 12.3 Å². The van der Waals surface area contributed by atoms with Gasteiger partial charge in [-0.3, -0.25) is 0 Å². The van der Waals surface area contributed by atoms with Gasteiger partial charge in [0.15, 0.2) is 0 Å². The number of oxime groups is 1. The molecule has 1 heterocycles. The molecule has 1 aromatic heterocycles. The Hall–Kier alpha value is -1.32. The molecule has 0 N–H and O–H groups in total. The summed E-state index contributed by atoms with van der Waals surface area (Å²) in [6.45, 7) is 1.75. The van der Waals surface area contributed by atoms with E-state index in [0.29, 0.717) is 5.88 Å². The molecule has 0 radical (unpaired) electrons. The second kappa shape index (κ2) is 2.86. The summed E-state index contributed by atoms with van der Waals surface area (Å²) in [5.41, 5.74) is 0. The summed E-state index contributed by atoms with van der Waals surface area (Å²) in [6, 6.07) is 1.58. The van der Waals surface area contributed by atoms with Gasteiger partial charge in [-0.1, -0.05) is 5.16 Å². The number of hydrogen-bond acceptors (Lipinski definition) is 4. The summed E-state index contributed by atoms with van der Waals surface area (Å²) in [4.78, 5) is 4.66. The fourth-order valence-electron chi connectivity index (χ4n) is 0.355. The predicted molar refractivity (Wildman–Crippen MR) is 31.3 cm³/mol. The molecule has 9 heavy (non-hydrogen) atoms. The summed E-state index contributed by atoms with van der Waals surface area (Å²) in [7, 11) is 0. The van der Waals surface area contributed by atoms with Crippen molar-refractivity contribution in [3.8, 4) is 5.88 Å². The lowest BCUT2D eigenvalue weighted by atomic mass is 10.7. The van der Waals surface area contributed by atoms with E-state index >= 15 is 0 Å². The molecule has 0 aliphatic carbocycles. The van der Waals surface area contributed by atoms with E-state index in [-0.39, 0.29) is 0 Å². The molecule has 0 amide bonds.